The fourth-order valence-electron chi connectivity index (χ4n) is 3.99. The van der Waals surface area contributed by atoms with Crippen molar-refractivity contribution in [3.05, 3.63) is 72.4 Å². The summed E-state index contributed by atoms with van der Waals surface area (Å²) >= 11 is 18.9. The van der Waals surface area contributed by atoms with Gasteiger partial charge in [0.1, 0.15) is 5.71 Å². The molecule has 2 aromatic rings. The van der Waals surface area contributed by atoms with Gasteiger partial charge < -0.3 is 9.71 Å². The minimum absolute atomic E-state index is 0.602. The van der Waals surface area contributed by atoms with Gasteiger partial charge in [-0.15, -0.1) is 10.9 Å². The summed E-state index contributed by atoms with van der Waals surface area (Å²) in [6, 6.07) is 20.9. The van der Waals surface area contributed by atoms with Crippen molar-refractivity contribution in [2.24, 2.45) is 0 Å². The zero-order valence-electron chi connectivity index (χ0n) is 15.6. The molecule has 2 aromatic carbocycles. The Bertz CT molecular complexity index is 803. The number of halogens is 3. The molecule has 0 aromatic heterocycles. The number of hydrogen-bond acceptors (Lipinski definition) is 1. The molecule has 0 saturated carbocycles. The summed E-state index contributed by atoms with van der Waals surface area (Å²) in [7, 11) is 0. The van der Waals surface area contributed by atoms with Crippen molar-refractivity contribution in [2.75, 3.05) is 6.54 Å². The number of alkyl halides is 3. The lowest BCUT2D eigenvalue weighted by Crippen LogP contribution is -2.78. The molecule has 0 unspecified atom stereocenters. The largest absolute Gasteiger partial charge is 0.490 e. The van der Waals surface area contributed by atoms with Crippen molar-refractivity contribution >= 4 is 57.9 Å². The average Bonchev–Trinajstić information content (AvgIpc) is 2.67. The highest BCUT2D eigenvalue weighted by atomic mass is 35.6. The summed E-state index contributed by atoms with van der Waals surface area (Å²) in [6.07, 6.45) is 2.62. The van der Waals surface area contributed by atoms with Crippen LogP contribution in [0.2, 0.25) is 0 Å². The lowest BCUT2D eigenvalue weighted by atomic mass is 9.36. The fraction of sp³-hybridized carbons (Fsp3) is 0.286. The molecule has 1 aliphatic rings. The predicted molar refractivity (Wildman–Crippen MR) is 120 cm³/mol. The van der Waals surface area contributed by atoms with Gasteiger partial charge in [0, 0.05) is 25.1 Å². The number of hydrogen-bond donors (Lipinski definition) is 1. The molecule has 0 amide bonds. The lowest BCUT2D eigenvalue weighted by molar-refractivity contribution is -0.399. The molecule has 142 valence electrons. The molecule has 0 aliphatic carbocycles. The number of rotatable bonds is 5. The Hall–Kier alpha value is -1.42. The maximum absolute atomic E-state index is 6.31. The smallest absolute Gasteiger partial charge is 0.423 e. The molecular formula is C21H24BCl3N2. The van der Waals surface area contributed by atoms with Gasteiger partial charge in [-0.2, -0.15) is 0 Å². The van der Waals surface area contributed by atoms with Crippen LogP contribution in [0.1, 0.15) is 26.7 Å². The first kappa shape index (κ1) is 20.3. The van der Waals surface area contributed by atoms with Crippen molar-refractivity contribution in [2.45, 2.75) is 30.5 Å². The fourth-order valence-corrected chi connectivity index (χ4v) is 4.31. The van der Waals surface area contributed by atoms with Gasteiger partial charge in [0.15, 0.2) is 0 Å². The minimum atomic E-state index is -1.53. The number of benzene rings is 2. The molecule has 1 aliphatic heterocycles. The Labute approximate surface area is 176 Å². The van der Waals surface area contributed by atoms with Gasteiger partial charge in [-0.3, -0.25) is 0 Å². The van der Waals surface area contributed by atoms with E-state index in [1.165, 1.54) is 10.9 Å². The molecule has 6 heteroatoms. The van der Waals surface area contributed by atoms with E-state index in [9.17, 15) is 0 Å². The maximum Gasteiger partial charge on any atom is 0.423 e. The van der Waals surface area contributed by atoms with Crippen LogP contribution in [0, 0.1) is 0 Å². The summed E-state index contributed by atoms with van der Waals surface area (Å²) in [5.41, 5.74) is 4.03. The van der Waals surface area contributed by atoms with Gasteiger partial charge in [-0.25, -0.2) is 0 Å². The zero-order valence-corrected chi connectivity index (χ0v) is 17.9. The Balaban J connectivity index is 2.30. The molecule has 0 fully saturated rings. The van der Waals surface area contributed by atoms with Gasteiger partial charge in [-0.1, -0.05) is 109 Å². The Kier molecular flexibility index (Phi) is 6.25. The van der Waals surface area contributed by atoms with Crippen LogP contribution in [0.5, 0.6) is 0 Å². The van der Waals surface area contributed by atoms with Crippen molar-refractivity contribution in [3.63, 3.8) is 0 Å². The van der Waals surface area contributed by atoms with E-state index < -0.39 is 10.2 Å². The monoisotopic (exact) mass is 420 g/mol. The van der Waals surface area contributed by atoms with E-state index in [1.54, 1.807) is 0 Å². The number of unbranched alkanes of at least 4 members (excludes halogenated alkanes) is 1. The SMILES string of the molecule is CCCC[N+]1=C(C)C=C(C(Cl)(Cl)Cl)N[B-]1(c1ccccc1)c1ccccc1. The van der Waals surface area contributed by atoms with Crippen molar-refractivity contribution < 1.29 is 4.49 Å². The van der Waals surface area contributed by atoms with Crippen molar-refractivity contribution in [1.82, 2.24) is 5.23 Å². The van der Waals surface area contributed by atoms with Crippen LogP contribution in [-0.4, -0.2) is 27.0 Å². The Morgan fingerprint density at radius 1 is 0.926 bits per heavy atom. The van der Waals surface area contributed by atoms with Crippen LogP contribution in [0.25, 0.3) is 0 Å². The molecule has 27 heavy (non-hydrogen) atoms. The van der Waals surface area contributed by atoms with Crippen LogP contribution < -0.4 is 16.2 Å². The van der Waals surface area contributed by atoms with Crippen LogP contribution in [0.4, 0.5) is 0 Å². The van der Waals surface area contributed by atoms with Crippen LogP contribution >= 0.6 is 34.8 Å². The summed E-state index contributed by atoms with van der Waals surface area (Å²) in [4.78, 5) is 0. The second-order valence-corrected chi connectivity index (χ2v) is 9.31. The molecule has 1 N–H and O–H groups in total. The lowest BCUT2D eigenvalue weighted by Gasteiger charge is -2.45. The standard InChI is InChI=1S/C21H24BCl3N2/c1-3-4-15-27-17(2)16-20(21(23,24)25)26-22(27,18-11-7-5-8-12-18)19-13-9-6-10-14-19/h5-14,16,26H,3-4,15H2,1-2H3. The molecule has 0 bridgehead atoms. The second kappa shape index (κ2) is 8.30. The normalized spacial score (nSPS) is 16.7. The maximum atomic E-state index is 6.31. The summed E-state index contributed by atoms with van der Waals surface area (Å²) in [5.74, 6) is 0. The average molecular weight is 422 g/mol. The highest BCUT2D eigenvalue weighted by Gasteiger charge is 2.47. The van der Waals surface area contributed by atoms with Crippen molar-refractivity contribution in [1.29, 1.82) is 0 Å². The molecule has 0 atom stereocenters. The molecule has 0 saturated heterocycles. The number of nitrogens with one attached hydrogen (secondary N) is 1. The first-order chi connectivity index (χ1) is 12.9. The molecule has 0 spiro atoms. The Morgan fingerprint density at radius 2 is 1.44 bits per heavy atom. The highest BCUT2D eigenvalue weighted by molar-refractivity contribution is 6.95. The molecule has 0 radical (unpaired) electrons. The van der Waals surface area contributed by atoms with Crippen molar-refractivity contribution in [3.8, 4) is 0 Å². The van der Waals surface area contributed by atoms with Gasteiger partial charge in [0.05, 0.1) is 6.54 Å². The molecule has 2 nitrogen and oxygen atoms in total. The van der Waals surface area contributed by atoms with Crippen LogP contribution in [-0.2, 0) is 0 Å². The summed E-state index contributed by atoms with van der Waals surface area (Å²) < 4.78 is 0.919. The highest BCUT2D eigenvalue weighted by Crippen LogP contribution is 2.35. The zero-order chi connectivity index (χ0) is 19.5. The van der Waals surface area contributed by atoms with Gasteiger partial charge in [0.2, 0.25) is 3.79 Å². The number of nitrogens with zero attached hydrogens (tertiary/aromatic N) is 1. The Morgan fingerprint density at radius 3 is 1.89 bits per heavy atom. The van der Waals surface area contributed by atoms with Gasteiger partial charge >= 0.3 is 6.42 Å². The van der Waals surface area contributed by atoms with E-state index in [1.807, 2.05) is 18.2 Å². The predicted octanol–water partition coefficient (Wildman–Crippen LogP) is 4.37. The van der Waals surface area contributed by atoms with E-state index in [0.717, 1.165) is 25.1 Å². The van der Waals surface area contributed by atoms with E-state index >= 15 is 0 Å². The third-order valence-corrected chi connectivity index (χ3v) is 5.87. The van der Waals surface area contributed by atoms with Gasteiger partial charge in [-0.05, 0) is 0 Å². The van der Waals surface area contributed by atoms with Crippen LogP contribution in [0.3, 0.4) is 0 Å². The summed E-state index contributed by atoms with van der Waals surface area (Å²) in [5, 5.41) is 3.66. The van der Waals surface area contributed by atoms with Gasteiger partial charge in [0.25, 0.3) is 0 Å². The third kappa shape index (κ3) is 4.06. The molecule has 1 heterocycles. The second-order valence-electron chi connectivity index (χ2n) is 7.03. The van der Waals surface area contributed by atoms with E-state index in [-0.39, 0.29) is 0 Å². The first-order valence-corrected chi connectivity index (χ1v) is 10.5. The third-order valence-electron chi connectivity index (χ3n) is 5.26. The van der Waals surface area contributed by atoms with E-state index in [2.05, 4.69) is 72.1 Å². The van der Waals surface area contributed by atoms with E-state index in [4.69, 9.17) is 34.8 Å². The quantitative estimate of drug-likeness (QED) is 0.560. The van der Waals surface area contributed by atoms with Crippen LogP contribution in [0.15, 0.2) is 72.4 Å². The molecular weight excluding hydrogens is 397 g/mol. The summed E-state index contributed by atoms with van der Waals surface area (Å²) in [6.45, 7) is 5.22. The topological polar surface area (TPSA) is 15.0 Å². The minimum Gasteiger partial charge on any atom is -0.490 e. The van der Waals surface area contributed by atoms with E-state index in [0.29, 0.717) is 5.70 Å². The molecule has 3 rings (SSSR count). The number of allylic oxidation sites excluding steroid dienone is 2. The first-order valence-electron chi connectivity index (χ1n) is 9.34.